The van der Waals surface area contributed by atoms with Gasteiger partial charge in [-0.25, -0.2) is 0 Å². The van der Waals surface area contributed by atoms with E-state index in [0.717, 1.165) is 10.2 Å². The molecule has 1 unspecified atom stereocenters. The topological polar surface area (TPSA) is 79.9 Å². The third kappa shape index (κ3) is 5.06. The fraction of sp³-hybridized carbons (Fsp3) is 0.364. The highest BCUT2D eigenvalue weighted by Gasteiger charge is 2.06. The molecule has 17 heavy (non-hydrogen) atoms. The molecule has 0 aliphatic rings. The molecule has 1 aromatic carbocycles. The van der Waals surface area contributed by atoms with E-state index in [1.165, 1.54) is 0 Å². The Morgan fingerprint density at radius 1 is 1.53 bits per heavy atom. The second-order valence-electron chi connectivity index (χ2n) is 3.47. The summed E-state index contributed by atoms with van der Waals surface area (Å²) in [7, 11) is 0. The molecule has 5 nitrogen and oxygen atoms in total. The Labute approximate surface area is 109 Å². The minimum atomic E-state index is -0.383. The summed E-state index contributed by atoms with van der Waals surface area (Å²) in [4.78, 5) is 0. The number of rotatable bonds is 6. The van der Waals surface area contributed by atoms with Crippen molar-refractivity contribution < 1.29 is 9.94 Å². The van der Waals surface area contributed by atoms with Crippen LogP contribution in [0.15, 0.2) is 33.9 Å². The summed E-state index contributed by atoms with van der Waals surface area (Å²) in [5.41, 5.74) is 6.40. The number of nitrogens with zero attached hydrogens (tertiary/aromatic N) is 1. The Bertz CT molecular complexity index is 367. The molecule has 0 aromatic heterocycles. The van der Waals surface area contributed by atoms with Crippen molar-refractivity contribution in [1.82, 2.24) is 0 Å². The SMILES string of the molecule is CC(OCCNc1ccc(Br)cc1)/C(N)=N/O. The van der Waals surface area contributed by atoms with Crippen LogP contribution in [0.2, 0.25) is 0 Å². The summed E-state index contributed by atoms with van der Waals surface area (Å²) in [5.74, 6) is 0.0774. The first-order chi connectivity index (χ1) is 8.13. The van der Waals surface area contributed by atoms with E-state index in [1.807, 2.05) is 24.3 Å². The van der Waals surface area contributed by atoms with Gasteiger partial charge in [-0.2, -0.15) is 0 Å². The second-order valence-corrected chi connectivity index (χ2v) is 4.39. The molecule has 0 aliphatic carbocycles. The van der Waals surface area contributed by atoms with E-state index in [2.05, 4.69) is 26.4 Å². The number of oxime groups is 1. The molecule has 1 atom stereocenters. The molecule has 0 saturated heterocycles. The van der Waals surface area contributed by atoms with Gasteiger partial charge in [0.05, 0.1) is 6.61 Å². The molecule has 4 N–H and O–H groups in total. The van der Waals surface area contributed by atoms with E-state index in [0.29, 0.717) is 13.2 Å². The van der Waals surface area contributed by atoms with Crippen molar-refractivity contribution in [3.05, 3.63) is 28.7 Å². The molecular weight excluding hydrogens is 286 g/mol. The van der Waals surface area contributed by atoms with Gasteiger partial charge in [-0.05, 0) is 31.2 Å². The van der Waals surface area contributed by atoms with Gasteiger partial charge in [0.25, 0.3) is 0 Å². The number of amidine groups is 1. The molecular formula is C11H16BrN3O2. The Hall–Kier alpha value is -1.27. The fourth-order valence-corrected chi connectivity index (χ4v) is 1.43. The van der Waals surface area contributed by atoms with Crippen LogP contribution >= 0.6 is 15.9 Å². The largest absolute Gasteiger partial charge is 0.409 e. The number of halogens is 1. The van der Waals surface area contributed by atoms with Crippen LogP contribution < -0.4 is 11.1 Å². The summed E-state index contributed by atoms with van der Waals surface area (Å²) >= 11 is 3.37. The standard InChI is InChI=1S/C11H16BrN3O2/c1-8(11(13)15-16)17-7-6-14-10-4-2-9(12)3-5-10/h2-5,8,14,16H,6-7H2,1H3,(H2,13,15). The fourth-order valence-electron chi connectivity index (χ4n) is 1.17. The van der Waals surface area contributed by atoms with Gasteiger partial charge in [0.2, 0.25) is 0 Å². The Morgan fingerprint density at radius 2 is 2.18 bits per heavy atom. The zero-order valence-corrected chi connectivity index (χ0v) is 11.1. The first-order valence-electron chi connectivity index (χ1n) is 5.22. The van der Waals surface area contributed by atoms with Crippen molar-refractivity contribution in [3.63, 3.8) is 0 Å². The highest BCUT2D eigenvalue weighted by atomic mass is 79.9. The number of nitrogens with two attached hydrogens (primary N) is 1. The predicted octanol–water partition coefficient (Wildman–Crippen LogP) is 2.01. The van der Waals surface area contributed by atoms with Gasteiger partial charge in [0.1, 0.15) is 6.10 Å². The van der Waals surface area contributed by atoms with Gasteiger partial charge < -0.3 is 21.0 Å². The Kier molecular flexibility index (Phi) is 5.79. The average Bonchev–Trinajstić information content (AvgIpc) is 2.35. The van der Waals surface area contributed by atoms with Crippen molar-refractivity contribution in [1.29, 1.82) is 0 Å². The van der Waals surface area contributed by atoms with Gasteiger partial charge in [0.15, 0.2) is 5.84 Å². The first kappa shape index (κ1) is 13.8. The van der Waals surface area contributed by atoms with Crippen molar-refractivity contribution in [2.24, 2.45) is 10.9 Å². The molecule has 1 aromatic rings. The van der Waals surface area contributed by atoms with Crippen LogP contribution in [0.25, 0.3) is 0 Å². The molecule has 6 heteroatoms. The normalized spacial score (nSPS) is 13.4. The molecule has 0 heterocycles. The lowest BCUT2D eigenvalue weighted by Crippen LogP contribution is -2.30. The lowest BCUT2D eigenvalue weighted by atomic mass is 10.3. The van der Waals surface area contributed by atoms with Gasteiger partial charge in [-0.15, -0.1) is 0 Å². The Balaban J connectivity index is 2.22. The molecule has 0 fully saturated rings. The predicted molar refractivity (Wildman–Crippen MR) is 71.5 cm³/mol. The van der Waals surface area contributed by atoms with Gasteiger partial charge in [-0.1, -0.05) is 21.1 Å². The molecule has 0 bridgehead atoms. The Morgan fingerprint density at radius 3 is 2.76 bits per heavy atom. The number of hydrogen-bond acceptors (Lipinski definition) is 4. The molecule has 0 saturated carbocycles. The van der Waals surface area contributed by atoms with Gasteiger partial charge in [-0.3, -0.25) is 0 Å². The molecule has 0 amide bonds. The highest BCUT2D eigenvalue weighted by molar-refractivity contribution is 9.10. The van der Waals surface area contributed by atoms with E-state index >= 15 is 0 Å². The number of hydrogen-bond donors (Lipinski definition) is 3. The molecule has 0 radical (unpaired) electrons. The summed E-state index contributed by atoms with van der Waals surface area (Å²) in [6, 6.07) is 7.86. The zero-order valence-electron chi connectivity index (χ0n) is 9.56. The summed E-state index contributed by atoms with van der Waals surface area (Å²) in [5, 5.41) is 14.5. The maximum absolute atomic E-state index is 8.43. The number of anilines is 1. The number of nitrogens with one attached hydrogen (secondary N) is 1. The third-order valence-corrected chi connectivity index (χ3v) is 2.70. The van der Waals surface area contributed by atoms with E-state index in [-0.39, 0.29) is 11.9 Å². The number of benzene rings is 1. The second kappa shape index (κ2) is 7.13. The lowest BCUT2D eigenvalue weighted by molar-refractivity contribution is 0.115. The van der Waals surface area contributed by atoms with Crippen molar-refractivity contribution in [2.75, 3.05) is 18.5 Å². The molecule has 0 aliphatic heterocycles. The summed E-state index contributed by atoms with van der Waals surface area (Å²) in [6.45, 7) is 2.87. The smallest absolute Gasteiger partial charge is 0.168 e. The van der Waals surface area contributed by atoms with Crippen LogP contribution in [0.1, 0.15) is 6.92 Å². The van der Waals surface area contributed by atoms with Gasteiger partial charge >= 0.3 is 0 Å². The molecule has 94 valence electrons. The van der Waals surface area contributed by atoms with Crippen LogP contribution in [0.5, 0.6) is 0 Å². The van der Waals surface area contributed by atoms with Crippen molar-refractivity contribution in [2.45, 2.75) is 13.0 Å². The minimum absolute atomic E-state index is 0.0774. The maximum atomic E-state index is 8.43. The van der Waals surface area contributed by atoms with E-state index < -0.39 is 0 Å². The first-order valence-corrected chi connectivity index (χ1v) is 6.01. The van der Waals surface area contributed by atoms with Crippen molar-refractivity contribution >= 4 is 27.5 Å². The summed E-state index contributed by atoms with van der Waals surface area (Å²) in [6.07, 6.45) is -0.383. The van der Waals surface area contributed by atoms with E-state index in [9.17, 15) is 0 Å². The van der Waals surface area contributed by atoms with Crippen molar-refractivity contribution in [3.8, 4) is 0 Å². The van der Waals surface area contributed by atoms with Crippen LogP contribution in [-0.2, 0) is 4.74 Å². The average molecular weight is 302 g/mol. The van der Waals surface area contributed by atoms with E-state index in [1.54, 1.807) is 6.92 Å². The van der Waals surface area contributed by atoms with Crippen LogP contribution in [-0.4, -0.2) is 30.3 Å². The molecule has 1 rings (SSSR count). The zero-order chi connectivity index (χ0) is 12.7. The van der Waals surface area contributed by atoms with Gasteiger partial charge in [0, 0.05) is 16.7 Å². The van der Waals surface area contributed by atoms with Crippen LogP contribution in [0.4, 0.5) is 5.69 Å². The van der Waals surface area contributed by atoms with E-state index in [4.69, 9.17) is 15.7 Å². The minimum Gasteiger partial charge on any atom is -0.409 e. The van der Waals surface area contributed by atoms with Crippen LogP contribution in [0, 0.1) is 0 Å². The quantitative estimate of drug-likeness (QED) is 0.247. The monoisotopic (exact) mass is 301 g/mol. The maximum Gasteiger partial charge on any atom is 0.168 e. The lowest BCUT2D eigenvalue weighted by Gasteiger charge is -2.12. The third-order valence-electron chi connectivity index (χ3n) is 2.18. The van der Waals surface area contributed by atoms with Crippen LogP contribution in [0.3, 0.4) is 0 Å². The number of ether oxygens (including phenoxy) is 1. The highest BCUT2D eigenvalue weighted by Crippen LogP contribution is 2.13. The summed E-state index contributed by atoms with van der Waals surface area (Å²) < 4.78 is 6.39. The molecule has 0 spiro atoms.